The van der Waals surface area contributed by atoms with Crippen LogP contribution in [0.3, 0.4) is 0 Å². The summed E-state index contributed by atoms with van der Waals surface area (Å²) in [5.74, 6) is 0. The number of hydrogen-bond acceptors (Lipinski definition) is 2. The third-order valence-corrected chi connectivity index (χ3v) is 3.50. The lowest BCUT2D eigenvalue weighted by molar-refractivity contribution is 1.09. The third-order valence-electron chi connectivity index (χ3n) is 3.50. The lowest BCUT2D eigenvalue weighted by Crippen LogP contribution is -2.14. The third kappa shape index (κ3) is 1.19. The molecule has 0 radical (unpaired) electrons. The second-order valence-corrected chi connectivity index (χ2v) is 4.56. The SMILES string of the molecule is O=c1nc2c3c(cccc3[nH]1)Cc1ccccc1-2. The van der Waals surface area contributed by atoms with Gasteiger partial charge in [-0.3, -0.25) is 0 Å². The van der Waals surface area contributed by atoms with Crippen molar-refractivity contribution in [3.05, 3.63) is 64.1 Å². The maximum Gasteiger partial charge on any atom is 0.345 e. The molecule has 0 bridgehead atoms. The predicted octanol–water partition coefficient (Wildman–Crippen LogP) is 2.49. The Kier molecular flexibility index (Phi) is 1.75. The van der Waals surface area contributed by atoms with Crippen molar-refractivity contribution < 1.29 is 0 Å². The van der Waals surface area contributed by atoms with Crippen LogP contribution in [0.2, 0.25) is 0 Å². The molecule has 0 saturated heterocycles. The largest absolute Gasteiger partial charge is 0.345 e. The van der Waals surface area contributed by atoms with Gasteiger partial charge in [0.25, 0.3) is 0 Å². The second-order valence-electron chi connectivity index (χ2n) is 4.56. The number of rotatable bonds is 0. The first-order valence-electron chi connectivity index (χ1n) is 5.93. The molecule has 0 fully saturated rings. The highest BCUT2D eigenvalue weighted by atomic mass is 16.1. The van der Waals surface area contributed by atoms with Crippen LogP contribution in [0.25, 0.3) is 22.2 Å². The molecule has 86 valence electrons. The highest BCUT2D eigenvalue weighted by molar-refractivity contribution is 5.97. The maximum absolute atomic E-state index is 11.6. The van der Waals surface area contributed by atoms with Gasteiger partial charge in [-0.2, -0.15) is 4.98 Å². The van der Waals surface area contributed by atoms with Gasteiger partial charge in [-0.25, -0.2) is 4.79 Å². The lowest BCUT2D eigenvalue weighted by atomic mass is 9.88. The highest BCUT2D eigenvalue weighted by Gasteiger charge is 2.19. The summed E-state index contributed by atoms with van der Waals surface area (Å²) in [6.45, 7) is 0. The van der Waals surface area contributed by atoms with Crippen LogP contribution in [0.4, 0.5) is 0 Å². The minimum absolute atomic E-state index is 0.286. The van der Waals surface area contributed by atoms with Gasteiger partial charge in [0.2, 0.25) is 0 Å². The van der Waals surface area contributed by atoms with E-state index in [1.54, 1.807) is 0 Å². The summed E-state index contributed by atoms with van der Waals surface area (Å²) >= 11 is 0. The van der Waals surface area contributed by atoms with E-state index >= 15 is 0 Å². The number of nitrogens with one attached hydrogen (secondary N) is 1. The van der Waals surface area contributed by atoms with E-state index in [2.05, 4.69) is 22.1 Å². The molecule has 0 unspecified atom stereocenters. The van der Waals surface area contributed by atoms with Crippen LogP contribution < -0.4 is 5.69 Å². The topological polar surface area (TPSA) is 45.8 Å². The molecular formula is C15H10N2O. The summed E-state index contributed by atoms with van der Waals surface area (Å²) in [4.78, 5) is 18.6. The summed E-state index contributed by atoms with van der Waals surface area (Å²) in [5, 5.41) is 1.08. The van der Waals surface area contributed by atoms with Gasteiger partial charge in [0, 0.05) is 10.9 Å². The Morgan fingerprint density at radius 2 is 1.83 bits per heavy atom. The van der Waals surface area contributed by atoms with Crippen molar-refractivity contribution in [2.45, 2.75) is 6.42 Å². The molecule has 1 aliphatic rings. The van der Waals surface area contributed by atoms with Gasteiger partial charge in [-0.05, 0) is 23.6 Å². The standard InChI is InChI=1S/C15H10N2O/c18-15-16-12-7-3-5-10-8-9-4-1-2-6-11(9)14(17-15)13(10)12/h1-7H,8H2,(H,16,17,18). The normalized spacial score (nSPS) is 12.4. The van der Waals surface area contributed by atoms with E-state index in [0.29, 0.717) is 0 Å². The van der Waals surface area contributed by atoms with E-state index in [4.69, 9.17) is 0 Å². The molecule has 1 heterocycles. The van der Waals surface area contributed by atoms with Gasteiger partial charge in [0.15, 0.2) is 0 Å². The van der Waals surface area contributed by atoms with Gasteiger partial charge in [-0.1, -0.05) is 36.4 Å². The number of aromatic nitrogens is 2. The summed E-state index contributed by atoms with van der Waals surface area (Å²) in [6.07, 6.45) is 0.897. The molecular weight excluding hydrogens is 224 g/mol. The van der Waals surface area contributed by atoms with Crippen LogP contribution in [0.5, 0.6) is 0 Å². The summed E-state index contributed by atoms with van der Waals surface area (Å²) < 4.78 is 0. The average molecular weight is 234 g/mol. The van der Waals surface area contributed by atoms with Crippen LogP contribution >= 0.6 is 0 Å². The molecule has 2 aromatic carbocycles. The summed E-state index contributed by atoms with van der Waals surface area (Å²) in [6, 6.07) is 14.2. The number of benzene rings is 2. The van der Waals surface area contributed by atoms with E-state index in [-0.39, 0.29) is 5.69 Å². The monoisotopic (exact) mass is 234 g/mol. The lowest BCUT2D eigenvalue weighted by Gasteiger charge is -2.18. The zero-order valence-electron chi connectivity index (χ0n) is 9.60. The molecule has 3 aromatic rings. The van der Waals surface area contributed by atoms with Gasteiger partial charge in [0.05, 0.1) is 11.2 Å². The molecule has 3 nitrogen and oxygen atoms in total. The highest BCUT2D eigenvalue weighted by Crippen LogP contribution is 2.36. The number of H-pyrrole nitrogens is 1. The Hall–Kier alpha value is -2.42. The van der Waals surface area contributed by atoms with Crippen molar-refractivity contribution >= 4 is 10.9 Å². The van der Waals surface area contributed by atoms with Crippen molar-refractivity contribution in [1.29, 1.82) is 0 Å². The van der Waals surface area contributed by atoms with Crippen molar-refractivity contribution in [3.63, 3.8) is 0 Å². The fraction of sp³-hybridized carbons (Fsp3) is 0.0667. The Morgan fingerprint density at radius 1 is 1.00 bits per heavy atom. The number of fused-ring (bicyclic) bond motifs is 2. The number of nitrogens with zero attached hydrogens (tertiary/aromatic N) is 1. The summed E-state index contributed by atoms with van der Waals surface area (Å²) in [7, 11) is 0. The van der Waals surface area contributed by atoms with Crippen LogP contribution in [-0.2, 0) is 6.42 Å². The molecule has 0 aliphatic heterocycles. The molecule has 1 aliphatic carbocycles. The molecule has 0 spiro atoms. The molecule has 0 saturated carbocycles. The Balaban J connectivity index is 2.26. The smallest absolute Gasteiger partial charge is 0.305 e. The van der Waals surface area contributed by atoms with Crippen molar-refractivity contribution in [1.82, 2.24) is 9.97 Å². The second kappa shape index (κ2) is 3.29. The minimum atomic E-state index is -0.286. The molecule has 1 aromatic heterocycles. The fourth-order valence-electron chi connectivity index (χ4n) is 2.74. The van der Waals surface area contributed by atoms with E-state index < -0.39 is 0 Å². The molecule has 4 rings (SSSR count). The maximum atomic E-state index is 11.6. The number of aromatic amines is 1. The predicted molar refractivity (Wildman–Crippen MR) is 70.6 cm³/mol. The fourth-order valence-corrected chi connectivity index (χ4v) is 2.74. The number of hydrogen-bond donors (Lipinski definition) is 1. The van der Waals surface area contributed by atoms with Crippen LogP contribution in [0.1, 0.15) is 11.1 Å². The Bertz CT molecular complexity index is 833. The quantitative estimate of drug-likeness (QED) is 0.508. The van der Waals surface area contributed by atoms with Crippen LogP contribution in [0.15, 0.2) is 47.3 Å². The molecule has 3 heteroatoms. The average Bonchev–Trinajstić information content (AvgIpc) is 2.38. The van der Waals surface area contributed by atoms with Crippen molar-refractivity contribution in [2.75, 3.05) is 0 Å². The van der Waals surface area contributed by atoms with E-state index in [9.17, 15) is 4.79 Å². The Labute approximate surface area is 103 Å². The van der Waals surface area contributed by atoms with E-state index in [0.717, 1.165) is 28.6 Å². The minimum Gasteiger partial charge on any atom is -0.305 e. The first-order chi connectivity index (χ1) is 8.83. The molecule has 1 N–H and O–H groups in total. The van der Waals surface area contributed by atoms with E-state index in [1.807, 2.05) is 30.3 Å². The zero-order chi connectivity index (χ0) is 12.1. The first-order valence-corrected chi connectivity index (χ1v) is 5.93. The molecule has 0 atom stereocenters. The first kappa shape index (κ1) is 9.59. The van der Waals surface area contributed by atoms with E-state index in [1.165, 1.54) is 11.1 Å². The zero-order valence-corrected chi connectivity index (χ0v) is 9.60. The molecule has 0 amide bonds. The van der Waals surface area contributed by atoms with Crippen molar-refractivity contribution in [3.8, 4) is 11.3 Å². The Morgan fingerprint density at radius 3 is 2.78 bits per heavy atom. The van der Waals surface area contributed by atoms with Gasteiger partial charge in [0.1, 0.15) is 0 Å². The van der Waals surface area contributed by atoms with Crippen molar-refractivity contribution in [2.24, 2.45) is 0 Å². The van der Waals surface area contributed by atoms with Crippen LogP contribution in [-0.4, -0.2) is 9.97 Å². The van der Waals surface area contributed by atoms with Gasteiger partial charge >= 0.3 is 5.69 Å². The van der Waals surface area contributed by atoms with Gasteiger partial charge in [-0.15, -0.1) is 0 Å². The molecule has 18 heavy (non-hydrogen) atoms. The van der Waals surface area contributed by atoms with Crippen LogP contribution in [0, 0.1) is 0 Å². The summed E-state index contributed by atoms with van der Waals surface area (Å²) in [5.41, 5.74) is 4.93. The van der Waals surface area contributed by atoms with Gasteiger partial charge < -0.3 is 4.98 Å².